The number of benzene rings is 2. The van der Waals surface area contributed by atoms with Crippen LogP contribution in [0.4, 0.5) is 14.5 Å². The van der Waals surface area contributed by atoms with E-state index in [4.69, 9.17) is 0 Å². The lowest BCUT2D eigenvalue weighted by molar-refractivity contribution is 0.101. The lowest BCUT2D eigenvalue weighted by Gasteiger charge is -2.35. The Morgan fingerprint density at radius 1 is 1.07 bits per heavy atom. The van der Waals surface area contributed by atoms with Crippen LogP contribution in [-0.4, -0.2) is 44.7 Å². The van der Waals surface area contributed by atoms with E-state index in [1.165, 1.54) is 6.92 Å². The zero-order chi connectivity index (χ0) is 20.5. The van der Waals surface area contributed by atoms with Gasteiger partial charge in [-0.05, 0) is 43.3 Å². The predicted octanol–water partition coefficient (Wildman–Crippen LogP) is 2.55. The summed E-state index contributed by atoms with van der Waals surface area (Å²) < 4.78 is 53.8. The Morgan fingerprint density at radius 3 is 2.36 bits per heavy atom. The Bertz CT molecular complexity index is 1070. The number of nitrogens with zero attached hydrogens (tertiary/aromatic N) is 3. The van der Waals surface area contributed by atoms with Crippen molar-refractivity contribution in [3.63, 3.8) is 0 Å². The van der Waals surface area contributed by atoms with Crippen LogP contribution in [0.1, 0.15) is 22.8 Å². The maximum Gasteiger partial charge on any atom is 0.246 e. The number of piperazine rings is 1. The van der Waals surface area contributed by atoms with Gasteiger partial charge in [0.2, 0.25) is 10.0 Å². The molecule has 0 radical (unpaired) electrons. The molecule has 1 fully saturated rings. The van der Waals surface area contributed by atoms with Crippen LogP contribution in [-0.2, 0) is 10.0 Å². The fourth-order valence-electron chi connectivity index (χ4n) is 3.09. The molecule has 0 saturated carbocycles. The van der Waals surface area contributed by atoms with Gasteiger partial charge in [-0.25, -0.2) is 17.2 Å². The minimum absolute atomic E-state index is 0.0352. The molecule has 1 aliphatic rings. The minimum atomic E-state index is -4.19. The Hall–Kier alpha value is -2.83. The third kappa shape index (κ3) is 3.74. The van der Waals surface area contributed by atoms with Gasteiger partial charge in [0, 0.05) is 31.7 Å². The second kappa shape index (κ2) is 7.66. The highest BCUT2D eigenvalue weighted by atomic mass is 32.2. The summed E-state index contributed by atoms with van der Waals surface area (Å²) in [5, 5.41) is 9.32. The summed E-state index contributed by atoms with van der Waals surface area (Å²) in [6.07, 6.45) is 0. The van der Waals surface area contributed by atoms with Gasteiger partial charge in [0.25, 0.3) is 0 Å². The molecule has 1 heterocycles. The first-order chi connectivity index (χ1) is 13.2. The summed E-state index contributed by atoms with van der Waals surface area (Å²) in [7, 11) is -4.19. The molecule has 146 valence electrons. The molecular formula is C19H17F2N3O3S. The van der Waals surface area contributed by atoms with Crippen molar-refractivity contribution in [2.24, 2.45) is 0 Å². The van der Waals surface area contributed by atoms with Crippen LogP contribution < -0.4 is 4.90 Å². The van der Waals surface area contributed by atoms with Crippen LogP contribution in [0.3, 0.4) is 0 Å². The molecule has 1 aliphatic heterocycles. The highest BCUT2D eigenvalue weighted by Gasteiger charge is 2.31. The Morgan fingerprint density at radius 2 is 1.75 bits per heavy atom. The van der Waals surface area contributed by atoms with Gasteiger partial charge in [-0.2, -0.15) is 9.57 Å². The molecule has 0 amide bonds. The van der Waals surface area contributed by atoms with Gasteiger partial charge >= 0.3 is 0 Å². The van der Waals surface area contributed by atoms with Crippen molar-refractivity contribution in [3.8, 4) is 6.07 Å². The molecule has 6 nitrogen and oxygen atoms in total. The molecule has 0 aromatic heterocycles. The smallest absolute Gasteiger partial charge is 0.246 e. The maximum absolute atomic E-state index is 13.9. The van der Waals surface area contributed by atoms with Gasteiger partial charge < -0.3 is 4.90 Å². The van der Waals surface area contributed by atoms with Gasteiger partial charge in [-0.1, -0.05) is 0 Å². The standard InChI is InChI=1S/C19H17F2N3O3S/c1-13(25)14-2-3-15(12-22)18(10-14)23-6-8-24(9-7-23)28(26,27)19-11-16(20)4-5-17(19)21/h2-5,10-11H,6-9H2,1H3. The molecule has 28 heavy (non-hydrogen) atoms. The molecule has 0 spiro atoms. The summed E-state index contributed by atoms with van der Waals surface area (Å²) in [5.41, 5.74) is 1.37. The Balaban J connectivity index is 1.83. The summed E-state index contributed by atoms with van der Waals surface area (Å²) >= 11 is 0. The monoisotopic (exact) mass is 405 g/mol. The molecule has 0 atom stereocenters. The quantitative estimate of drug-likeness (QED) is 0.731. The van der Waals surface area contributed by atoms with Crippen molar-refractivity contribution in [1.82, 2.24) is 4.31 Å². The van der Waals surface area contributed by atoms with Crippen LogP contribution in [0.5, 0.6) is 0 Å². The van der Waals surface area contributed by atoms with E-state index in [2.05, 4.69) is 6.07 Å². The number of anilines is 1. The number of nitriles is 1. The van der Waals surface area contributed by atoms with Gasteiger partial charge in [0.05, 0.1) is 11.3 Å². The Labute approximate surface area is 161 Å². The maximum atomic E-state index is 13.9. The van der Waals surface area contributed by atoms with Gasteiger partial charge in [0.1, 0.15) is 22.6 Å². The van der Waals surface area contributed by atoms with Crippen molar-refractivity contribution in [3.05, 3.63) is 59.2 Å². The highest BCUT2D eigenvalue weighted by Crippen LogP contribution is 2.26. The fourth-order valence-corrected chi connectivity index (χ4v) is 4.59. The van der Waals surface area contributed by atoms with Crippen molar-refractivity contribution >= 4 is 21.5 Å². The largest absolute Gasteiger partial charge is 0.368 e. The molecule has 0 aliphatic carbocycles. The van der Waals surface area contributed by atoms with E-state index in [0.29, 0.717) is 22.9 Å². The zero-order valence-electron chi connectivity index (χ0n) is 15.0. The number of Topliss-reactive ketones (excluding diaryl/α,β-unsaturated/α-hetero) is 1. The normalized spacial score (nSPS) is 15.3. The molecule has 0 bridgehead atoms. The summed E-state index contributed by atoms with van der Waals surface area (Å²) in [6, 6.07) is 9.10. The van der Waals surface area contributed by atoms with Crippen LogP contribution in [0, 0.1) is 23.0 Å². The number of rotatable bonds is 4. The number of sulfonamides is 1. The third-order valence-corrected chi connectivity index (χ3v) is 6.53. The van der Waals surface area contributed by atoms with E-state index in [0.717, 1.165) is 16.4 Å². The van der Waals surface area contributed by atoms with Crippen molar-refractivity contribution in [2.45, 2.75) is 11.8 Å². The predicted molar refractivity (Wildman–Crippen MR) is 98.5 cm³/mol. The third-order valence-electron chi connectivity index (χ3n) is 4.62. The molecule has 3 rings (SSSR count). The number of hydrogen-bond acceptors (Lipinski definition) is 5. The van der Waals surface area contributed by atoms with Crippen molar-refractivity contribution < 1.29 is 22.0 Å². The molecule has 2 aromatic carbocycles. The first-order valence-corrected chi connectivity index (χ1v) is 9.93. The molecule has 9 heteroatoms. The van der Waals surface area contributed by atoms with E-state index >= 15 is 0 Å². The van der Waals surface area contributed by atoms with E-state index in [1.54, 1.807) is 23.1 Å². The van der Waals surface area contributed by atoms with Gasteiger partial charge in [0.15, 0.2) is 5.78 Å². The Kier molecular flexibility index (Phi) is 5.45. The van der Waals surface area contributed by atoms with Crippen LogP contribution in [0.25, 0.3) is 0 Å². The number of ketones is 1. The average Bonchev–Trinajstić information content (AvgIpc) is 2.69. The molecule has 2 aromatic rings. The van der Waals surface area contributed by atoms with Crippen LogP contribution >= 0.6 is 0 Å². The van der Waals surface area contributed by atoms with E-state index in [-0.39, 0.29) is 32.0 Å². The molecule has 1 saturated heterocycles. The highest BCUT2D eigenvalue weighted by molar-refractivity contribution is 7.89. The van der Waals surface area contributed by atoms with Gasteiger partial charge in [-0.15, -0.1) is 0 Å². The van der Waals surface area contributed by atoms with Crippen LogP contribution in [0.15, 0.2) is 41.3 Å². The van der Waals surface area contributed by atoms with Crippen LogP contribution in [0.2, 0.25) is 0 Å². The van der Waals surface area contributed by atoms with Crippen molar-refractivity contribution in [2.75, 3.05) is 31.1 Å². The number of carbonyl (C=O) groups is 1. The summed E-state index contributed by atoms with van der Waals surface area (Å²) in [4.78, 5) is 12.7. The molecule has 0 N–H and O–H groups in total. The van der Waals surface area contributed by atoms with Crippen molar-refractivity contribution in [1.29, 1.82) is 5.26 Å². The lowest BCUT2D eigenvalue weighted by atomic mass is 10.1. The van der Waals surface area contributed by atoms with E-state index in [9.17, 15) is 27.3 Å². The van der Waals surface area contributed by atoms with Gasteiger partial charge in [-0.3, -0.25) is 4.79 Å². The number of halogens is 2. The average molecular weight is 405 g/mol. The molecule has 0 unspecified atom stereocenters. The summed E-state index contributed by atoms with van der Waals surface area (Å²) in [5.74, 6) is -1.99. The fraction of sp³-hybridized carbons (Fsp3) is 0.263. The number of hydrogen-bond donors (Lipinski definition) is 0. The first kappa shape index (κ1) is 19.9. The molecular weight excluding hydrogens is 388 g/mol. The minimum Gasteiger partial charge on any atom is -0.368 e. The van der Waals surface area contributed by atoms with E-state index in [1.807, 2.05) is 0 Å². The lowest BCUT2D eigenvalue weighted by Crippen LogP contribution is -2.49. The SMILES string of the molecule is CC(=O)c1ccc(C#N)c(N2CCN(S(=O)(=O)c3cc(F)ccc3F)CC2)c1. The van der Waals surface area contributed by atoms with E-state index < -0.39 is 26.6 Å². The topological polar surface area (TPSA) is 81.5 Å². The second-order valence-corrected chi connectivity index (χ2v) is 8.27. The number of carbonyl (C=O) groups excluding carboxylic acids is 1. The summed E-state index contributed by atoms with van der Waals surface area (Å²) in [6.45, 7) is 1.97. The zero-order valence-corrected chi connectivity index (χ0v) is 15.8. The first-order valence-electron chi connectivity index (χ1n) is 8.49. The second-order valence-electron chi connectivity index (χ2n) is 6.37.